The summed E-state index contributed by atoms with van der Waals surface area (Å²) in [6.45, 7) is 14.3. The molecular weight excluding hydrogens is 823 g/mol. The molecule has 12 rings (SSSR count). The number of hydrogen-bond acceptors (Lipinski definition) is 0. The van der Waals surface area contributed by atoms with Gasteiger partial charge in [-0.25, -0.2) is 0 Å². The van der Waals surface area contributed by atoms with E-state index in [9.17, 15) is 0 Å². The van der Waals surface area contributed by atoms with Gasteiger partial charge < -0.3 is 13.7 Å². The molecular formula is C65H57N3. The van der Waals surface area contributed by atoms with E-state index in [-0.39, 0.29) is 5.41 Å². The molecule has 0 radical (unpaired) electrons. The maximum Gasteiger partial charge on any atom is 0.0491 e. The van der Waals surface area contributed by atoms with Crippen LogP contribution in [0.4, 0.5) is 0 Å². The quantitative estimate of drug-likeness (QED) is 0.115. The molecule has 3 aromatic heterocycles. The summed E-state index contributed by atoms with van der Waals surface area (Å²) in [5, 5.41) is 7.86. The Morgan fingerprint density at radius 3 is 1.15 bits per heavy atom. The largest absolute Gasteiger partial charge is 0.341 e. The fraction of sp³-hybridized carbons (Fsp3) is 0.169. The zero-order valence-electron chi connectivity index (χ0n) is 39.9. The summed E-state index contributed by atoms with van der Waals surface area (Å²) in [4.78, 5) is 0. The first-order chi connectivity index (χ1) is 33.4. The molecule has 0 saturated carbocycles. The molecule has 332 valence electrons. The summed E-state index contributed by atoms with van der Waals surface area (Å²) in [7, 11) is 0. The lowest BCUT2D eigenvalue weighted by Gasteiger charge is -2.30. The van der Waals surface area contributed by atoms with Gasteiger partial charge >= 0.3 is 0 Å². The van der Waals surface area contributed by atoms with Crippen molar-refractivity contribution >= 4 is 102 Å². The predicted octanol–water partition coefficient (Wildman–Crippen LogP) is 17.7. The Labute approximate surface area is 399 Å². The topological polar surface area (TPSA) is 14.8 Å². The van der Waals surface area contributed by atoms with Crippen molar-refractivity contribution in [2.24, 2.45) is 0 Å². The van der Waals surface area contributed by atoms with Crippen LogP contribution in [0, 0.1) is 0 Å². The molecule has 0 fully saturated rings. The van der Waals surface area contributed by atoms with Crippen LogP contribution in [0.1, 0.15) is 92.0 Å². The number of aryl methyl sites for hydroxylation is 3. The van der Waals surface area contributed by atoms with E-state index in [1.165, 1.54) is 121 Å². The summed E-state index contributed by atoms with van der Waals surface area (Å²) in [5.41, 5.74) is 20.6. The molecule has 3 heterocycles. The molecule has 0 aliphatic heterocycles. The molecule has 0 N–H and O–H groups in total. The summed E-state index contributed by atoms with van der Waals surface area (Å²) in [6.07, 6.45) is 16.0. The Kier molecular flexibility index (Phi) is 10.2. The zero-order valence-corrected chi connectivity index (χ0v) is 39.9. The van der Waals surface area contributed by atoms with E-state index in [0.717, 1.165) is 32.5 Å². The fourth-order valence-electron chi connectivity index (χ4n) is 12.1. The number of benzene rings is 8. The molecule has 0 saturated heterocycles. The lowest BCUT2D eigenvalue weighted by atomic mass is 9.73. The van der Waals surface area contributed by atoms with Crippen molar-refractivity contribution in [2.75, 3.05) is 0 Å². The molecule has 0 unspecified atom stereocenters. The van der Waals surface area contributed by atoms with Gasteiger partial charge in [0.25, 0.3) is 0 Å². The molecule has 1 aliphatic rings. The average molecular weight is 880 g/mol. The van der Waals surface area contributed by atoms with Crippen molar-refractivity contribution in [3.8, 4) is 11.1 Å². The standard InChI is InChI=1S/C65H57N3/c1-6-65(7-2)56-41-46(24-23-43-29-34-61-53(38-43)49-17-11-14-20-58(49)66(61)8-3)28-33-52(56)64-48(32-27-45-31-36-63-55(40-45)51-19-13-16-22-60(51)68(63)10-5)37-47(42-57(64)65)26-25-44-30-35-62-54(39-44)50-18-12-15-21-59(50)67(62)9-4/h11-42H,6-10H2,1-5H3/b24-23+,26-25+,32-27+. The van der Waals surface area contributed by atoms with Gasteiger partial charge in [-0.15, -0.1) is 0 Å². The summed E-state index contributed by atoms with van der Waals surface area (Å²) >= 11 is 0. The van der Waals surface area contributed by atoms with Gasteiger partial charge in [-0.1, -0.05) is 147 Å². The third-order valence-electron chi connectivity index (χ3n) is 15.5. The minimum Gasteiger partial charge on any atom is -0.341 e. The Morgan fingerprint density at radius 2 is 0.706 bits per heavy atom. The van der Waals surface area contributed by atoms with E-state index in [2.05, 4.69) is 243 Å². The summed E-state index contributed by atoms with van der Waals surface area (Å²) in [5.74, 6) is 0. The average Bonchev–Trinajstić information content (AvgIpc) is 4.09. The highest BCUT2D eigenvalue weighted by Gasteiger charge is 2.41. The van der Waals surface area contributed by atoms with Gasteiger partial charge in [-0.3, -0.25) is 0 Å². The van der Waals surface area contributed by atoms with Crippen molar-refractivity contribution in [3.63, 3.8) is 0 Å². The summed E-state index contributed by atoms with van der Waals surface area (Å²) in [6, 6.07) is 59.4. The maximum atomic E-state index is 2.50. The number of nitrogens with zero attached hydrogens (tertiary/aromatic N) is 3. The number of rotatable bonds is 11. The lowest BCUT2D eigenvalue weighted by Crippen LogP contribution is -2.23. The Balaban J connectivity index is 0.970. The predicted molar refractivity (Wildman–Crippen MR) is 295 cm³/mol. The van der Waals surface area contributed by atoms with E-state index in [4.69, 9.17) is 0 Å². The van der Waals surface area contributed by atoms with Gasteiger partial charge in [0.05, 0.1) is 0 Å². The van der Waals surface area contributed by atoms with Crippen LogP contribution in [0.3, 0.4) is 0 Å². The highest BCUT2D eigenvalue weighted by Crippen LogP contribution is 2.55. The van der Waals surface area contributed by atoms with Crippen LogP contribution in [-0.2, 0) is 25.0 Å². The van der Waals surface area contributed by atoms with E-state index in [1.54, 1.807) is 0 Å². The Bertz CT molecular complexity index is 3890. The van der Waals surface area contributed by atoms with E-state index in [0.29, 0.717) is 0 Å². The second-order valence-electron chi connectivity index (χ2n) is 18.7. The minimum atomic E-state index is -0.121. The first kappa shape index (κ1) is 41.8. The highest BCUT2D eigenvalue weighted by molar-refractivity contribution is 6.11. The molecule has 3 heteroatoms. The van der Waals surface area contributed by atoms with E-state index < -0.39 is 0 Å². The summed E-state index contributed by atoms with van der Waals surface area (Å²) < 4.78 is 7.28. The Morgan fingerprint density at radius 1 is 0.338 bits per heavy atom. The molecule has 0 atom stereocenters. The van der Waals surface area contributed by atoms with Gasteiger partial charge in [-0.2, -0.15) is 0 Å². The Hall–Kier alpha value is -7.62. The first-order valence-corrected chi connectivity index (χ1v) is 24.9. The van der Waals surface area contributed by atoms with Crippen LogP contribution in [0.5, 0.6) is 0 Å². The number of fused-ring (bicyclic) bond motifs is 12. The zero-order chi connectivity index (χ0) is 46.1. The van der Waals surface area contributed by atoms with Crippen molar-refractivity contribution in [3.05, 3.63) is 202 Å². The van der Waals surface area contributed by atoms with E-state index >= 15 is 0 Å². The van der Waals surface area contributed by atoms with E-state index in [1.807, 2.05) is 0 Å². The van der Waals surface area contributed by atoms with Crippen LogP contribution in [0.25, 0.3) is 113 Å². The van der Waals surface area contributed by atoms with Crippen LogP contribution in [0.15, 0.2) is 158 Å². The van der Waals surface area contributed by atoms with Gasteiger partial charge in [0.15, 0.2) is 0 Å². The molecule has 8 aromatic carbocycles. The monoisotopic (exact) mass is 879 g/mol. The third-order valence-corrected chi connectivity index (χ3v) is 15.5. The molecule has 0 amide bonds. The molecule has 3 nitrogen and oxygen atoms in total. The minimum absolute atomic E-state index is 0.121. The second-order valence-corrected chi connectivity index (χ2v) is 18.7. The number of para-hydroxylation sites is 3. The lowest BCUT2D eigenvalue weighted by molar-refractivity contribution is 0.490. The first-order valence-electron chi connectivity index (χ1n) is 24.9. The molecule has 11 aromatic rings. The van der Waals surface area contributed by atoms with Gasteiger partial charge in [0, 0.05) is 90.5 Å². The van der Waals surface area contributed by atoms with Gasteiger partial charge in [-0.05, 0) is 150 Å². The SMILES string of the molecule is CCn1c2ccccc2c2cc(/C=C/c3ccc4c(c3)C(CC)(CC)c3cc(/C=C/c5ccc6c(c5)c5ccccc5n6CC)cc(/C=C/c5ccc6c(c5)c5ccccc5n6CC)c3-4)ccc21. The molecule has 0 spiro atoms. The van der Waals surface area contributed by atoms with Gasteiger partial charge in [0.1, 0.15) is 0 Å². The van der Waals surface area contributed by atoms with Crippen LogP contribution >= 0.6 is 0 Å². The third kappa shape index (κ3) is 6.47. The van der Waals surface area contributed by atoms with Crippen LogP contribution in [-0.4, -0.2) is 13.7 Å². The highest BCUT2D eigenvalue weighted by atomic mass is 15.0. The van der Waals surface area contributed by atoms with Crippen LogP contribution < -0.4 is 0 Å². The second kappa shape index (κ2) is 16.6. The maximum absolute atomic E-state index is 2.50. The van der Waals surface area contributed by atoms with Crippen LogP contribution in [0.2, 0.25) is 0 Å². The van der Waals surface area contributed by atoms with Gasteiger partial charge in [0.2, 0.25) is 0 Å². The molecule has 68 heavy (non-hydrogen) atoms. The van der Waals surface area contributed by atoms with Crippen molar-refractivity contribution in [1.29, 1.82) is 0 Å². The number of hydrogen-bond donors (Lipinski definition) is 0. The van der Waals surface area contributed by atoms with Crippen molar-refractivity contribution in [1.82, 2.24) is 13.7 Å². The molecule has 1 aliphatic carbocycles. The van der Waals surface area contributed by atoms with Crippen molar-refractivity contribution < 1.29 is 0 Å². The molecule has 0 bridgehead atoms. The smallest absolute Gasteiger partial charge is 0.0491 e. The fourth-order valence-corrected chi connectivity index (χ4v) is 12.1. The van der Waals surface area contributed by atoms with Crippen molar-refractivity contribution in [2.45, 2.75) is 72.5 Å². The normalized spacial score (nSPS) is 13.6. The number of aromatic nitrogens is 3.